The van der Waals surface area contributed by atoms with Crippen LogP contribution in [0.25, 0.3) is 0 Å². The van der Waals surface area contributed by atoms with Crippen molar-refractivity contribution in [1.82, 2.24) is 0 Å². The van der Waals surface area contributed by atoms with E-state index in [2.05, 4.69) is 45.1 Å². The van der Waals surface area contributed by atoms with Crippen LogP contribution in [0.2, 0.25) is 0 Å². The minimum atomic E-state index is -1.10. The lowest BCUT2D eigenvalue weighted by atomic mass is 9.63. The zero-order valence-corrected chi connectivity index (χ0v) is 23.1. The minimum absolute atomic E-state index is 0.0427. The van der Waals surface area contributed by atoms with Crippen LogP contribution in [0, 0.1) is 0 Å². The third-order valence-corrected chi connectivity index (χ3v) is 7.84. The maximum absolute atomic E-state index is 12.9. The van der Waals surface area contributed by atoms with Gasteiger partial charge in [0.2, 0.25) is 6.29 Å². The van der Waals surface area contributed by atoms with E-state index in [0.717, 1.165) is 50.6 Å². The zero-order valence-electron chi connectivity index (χ0n) is 23.1. The van der Waals surface area contributed by atoms with E-state index in [-0.39, 0.29) is 28.4 Å². The van der Waals surface area contributed by atoms with E-state index in [4.69, 9.17) is 14.2 Å². The molecule has 1 atom stereocenters. The van der Waals surface area contributed by atoms with Gasteiger partial charge in [-0.25, -0.2) is 9.59 Å². The van der Waals surface area contributed by atoms with E-state index >= 15 is 0 Å². The van der Waals surface area contributed by atoms with Crippen molar-refractivity contribution in [2.45, 2.75) is 103 Å². The molecule has 2 aliphatic rings. The van der Waals surface area contributed by atoms with E-state index in [1.807, 2.05) is 6.07 Å². The predicted molar refractivity (Wildman–Crippen MR) is 145 cm³/mol. The molecule has 1 unspecified atom stereocenters. The van der Waals surface area contributed by atoms with Gasteiger partial charge in [-0.15, -0.1) is 0 Å². The number of fused-ring (bicyclic) bond motifs is 1. The standard InChI is InChI=1S/C31H39NO6/c1-20(37-29(35)38-24-9-7-6-8-10-24)36-28(34)22-13-11-21(12-14-22)27(33)32-23-15-16-25-26(19-23)31(4,5)18-17-30(25,2)3/h11-16,19-20,24H,6-10,17-18H2,1-5H3,(H,32,33). The normalized spacial score (nSPS) is 19.0. The van der Waals surface area contributed by atoms with Crippen LogP contribution in [0.1, 0.15) is 111 Å². The largest absolute Gasteiger partial charge is 0.511 e. The van der Waals surface area contributed by atoms with Crippen LogP contribution in [-0.4, -0.2) is 30.4 Å². The van der Waals surface area contributed by atoms with Crippen molar-refractivity contribution in [1.29, 1.82) is 0 Å². The summed E-state index contributed by atoms with van der Waals surface area (Å²) < 4.78 is 15.6. The van der Waals surface area contributed by atoms with Crippen molar-refractivity contribution in [2.24, 2.45) is 0 Å². The zero-order chi connectivity index (χ0) is 27.5. The Morgan fingerprint density at radius 3 is 2.08 bits per heavy atom. The average molecular weight is 522 g/mol. The minimum Gasteiger partial charge on any atom is -0.431 e. The number of anilines is 1. The van der Waals surface area contributed by atoms with E-state index < -0.39 is 18.4 Å². The molecule has 7 nitrogen and oxygen atoms in total. The number of carbonyl (C=O) groups is 3. The Labute approximate surface area is 225 Å². The SMILES string of the molecule is CC(OC(=O)OC1CCCCC1)OC(=O)c1ccc(C(=O)Nc2ccc3c(c2)C(C)(C)CCC3(C)C)cc1. The molecule has 1 amide bonds. The number of rotatable bonds is 6. The summed E-state index contributed by atoms with van der Waals surface area (Å²) in [4.78, 5) is 37.4. The fourth-order valence-electron chi connectivity index (χ4n) is 5.35. The number of benzene rings is 2. The number of carbonyl (C=O) groups excluding carboxylic acids is 3. The lowest BCUT2D eigenvalue weighted by molar-refractivity contribution is -0.0915. The molecule has 2 aromatic carbocycles. The third kappa shape index (κ3) is 6.55. The Morgan fingerprint density at radius 1 is 0.816 bits per heavy atom. The van der Waals surface area contributed by atoms with Crippen LogP contribution in [0.3, 0.4) is 0 Å². The molecule has 0 aliphatic heterocycles. The first-order valence-corrected chi connectivity index (χ1v) is 13.6. The molecular formula is C31H39NO6. The third-order valence-electron chi connectivity index (χ3n) is 7.84. The number of esters is 1. The van der Waals surface area contributed by atoms with Gasteiger partial charge < -0.3 is 19.5 Å². The highest BCUT2D eigenvalue weighted by atomic mass is 16.8. The molecule has 1 N–H and O–H groups in total. The second-order valence-corrected chi connectivity index (χ2v) is 11.8. The first kappa shape index (κ1) is 27.7. The number of hydrogen-bond acceptors (Lipinski definition) is 6. The molecule has 4 rings (SSSR count). The summed E-state index contributed by atoms with van der Waals surface area (Å²) in [6, 6.07) is 12.3. The van der Waals surface area contributed by atoms with E-state index in [1.54, 1.807) is 12.1 Å². The number of ether oxygens (including phenoxy) is 3. The lowest BCUT2D eigenvalue weighted by Gasteiger charge is -2.42. The summed E-state index contributed by atoms with van der Waals surface area (Å²) in [6.45, 7) is 10.5. The topological polar surface area (TPSA) is 90.9 Å². The fourth-order valence-corrected chi connectivity index (χ4v) is 5.35. The Kier molecular flexibility index (Phi) is 8.14. The van der Waals surface area contributed by atoms with Gasteiger partial charge in [-0.3, -0.25) is 4.79 Å². The van der Waals surface area contributed by atoms with Crippen LogP contribution in [0.4, 0.5) is 10.5 Å². The van der Waals surface area contributed by atoms with E-state index in [0.29, 0.717) is 5.56 Å². The van der Waals surface area contributed by atoms with Gasteiger partial charge in [0, 0.05) is 18.2 Å². The smallest absolute Gasteiger partial charge is 0.431 e. The molecule has 38 heavy (non-hydrogen) atoms. The van der Waals surface area contributed by atoms with Gasteiger partial charge in [0.15, 0.2) is 0 Å². The second kappa shape index (κ2) is 11.2. The molecule has 0 aromatic heterocycles. The van der Waals surface area contributed by atoms with Gasteiger partial charge in [0.1, 0.15) is 6.10 Å². The van der Waals surface area contributed by atoms with Crippen LogP contribution in [-0.2, 0) is 25.0 Å². The summed E-state index contributed by atoms with van der Waals surface area (Å²) in [5, 5.41) is 2.98. The van der Waals surface area contributed by atoms with Crippen molar-refractivity contribution in [3.8, 4) is 0 Å². The molecule has 1 fully saturated rings. The van der Waals surface area contributed by atoms with Crippen LogP contribution < -0.4 is 5.32 Å². The van der Waals surface area contributed by atoms with E-state index in [1.165, 1.54) is 30.2 Å². The lowest BCUT2D eigenvalue weighted by Crippen LogP contribution is -2.33. The highest BCUT2D eigenvalue weighted by Crippen LogP contribution is 2.46. The van der Waals surface area contributed by atoms with Gasteiger partial charge in [-0.1, -0.05) is 40.2 Å². The molecule has 7 heteroatoms. The summed E-state index contributed by atoms with van der Waals surface area (Å²) >= 11 is 0. The van der Waals surface area contributed by atoms with Crippen molar-refractivity contribution < 1.29 is 28.6 Å². The predicted octanol–water partition coefficient (Wildman–Crippen LogP) is 7.28. The maximum Gasteiger partial charge on any atom is 0.511 e. The van der Waals surface area contributed by atoms with Crippen LogP contribution >= 0.6 is 0 Å². The molecule has 0 saturated heterocycles. The van der Waals surface area contributed by atoms with Crippen LogP contribution in [0.15, 0.2) is 42.5 Å². The first-order valence-electron chi connectivity index (χ1n) is 13.6. The molecule has 2 aliphatic carbocycles. The average Bonchev–Trinajstić information content (AvgIpc) is 2.87. The summed E-state index contributed by atoms with van der Waals surface area (Å²) in [7, 11) is 0. The maximum atomic E-state index is 12.9. The van der Waals surface area contributed by atoms with E-state index in [9.17, 15) is 14.4 Å². The van der Waals surface area contributed by atoms with Crippen molar-refractivity contribution >= 4 is 23.7 Å². The molecule has 0 heterocycles. The first-order chi connectivity index (χ1) is 17.9. The molecule has 0 spiro atoms. The van der Waals surface area contributed by atoms with Crippen LogP contribution in [0.5, 0.6) is 0 Å². The van der Waals surface area contributed by atoms with Crippen molar-refractivity contribution in [3.63, 3.8) is 0 Å². The fraction of sp³-hybridized carbons (Fsp3) is 0.516. The Bertz CT molecular complexity index is 1180. The second-order valence-electron chi connectivity index (χ2n) is 11.8. The number of amides is 1. The summed E-state index contributed by atoms with van der Waals surface area (Å²) in [6.07, 6.45) is 5.00. The van der Waals surface area contributed by atoms with Gasteiger partial charge in [-0.05, 0) is 96.9 Å². The quantitative estimate of drug-likeness (QED) is 0.317. The Balaban J connectivity index is 1.33. The molecule has 2 aromatic rings. The summed E-state index contributed by atoms with van der Waals surface area (Å²) in [5.41, 5.74) is 4.15. The molecular weight excluding hydrogens is 482 g/mol. The van der Waals surface area contributed by atoms with Gasteiger partial charge in [0.05, 0.1) is 5.56 Å². The van der Waals surface area contributed by atoms with Crippen molar-refractivity contribution in [3.05, 3.63) is 64.7 Å². The molecule has 1 saturated carbocycles. The Hall–Kier alpha value is -3.35. The molecule has 0 bridgehead atoms. The van der Waals surface area contributed by atoms with Gasteiger partial charge in [0.25, 0.3) is 5.91 Å². The highest BCUT2D eigenvalue weighted by molar-refractivity contribution is 6.05. The van der Waals surface area contributed by atoms with Crippen molar-refractivity contribution in [2.75, 3.05) is 5.32 Å². The summed E-state index contributed by atoms with van der Waals surface area (Å²) in [5.74, 6) is -0.922. The molecule has 204 valence electrons. The Morgan fingerprint density at radius 2 is 1.42 bits per heavy atom. The number of nitrogens with one attached hydrogen (secondary N) is 1. The molecule has 0 radical (unpaired) electrons. The highest BCUT2D eigenvalue weighted by Gasteiger charge is 2.37. The van der Waals surface area contributed by atoms with Gasteiger partial charge in [-0.2, -0.15) is 0 Å². The monoisotopic (exact) mass is 521 g/mol. The number of hydrogen-bond donors (Lipinski definition) is 1. The van der Waals surface area contributed by atoms with Gasteiger partial charge >= 0.3 is 12.1 Å².